The van der Waals surface area contributed by atoms with E-state index < -0.39 is 0 Å². The molecular weight excluding hydrogens is 454 g/mol. The highest BCUT2D eigenvalue weighted by atomic mass is 16.3. The van der Waals surface area contributed by atoms with Gasteiger partial charge in [0.25, 0.3) is 0 Å². The molecule has 4 nitrogen and oxygen atoms in total. The highest BCUT2D eigenvalue weighted by Crippen LogP contribution is 2.37. The van der Waals surface area contributed by atoms with E-state index in [-0.39, 0.29) is 75.1 Å². The summed E-state index contributed by atoms with van der Waals surface area (Å²) in [7, 11) is 0. The number of hydrogen-bond acceptors (Lipinski definition) is 4. The molecule has 7 rings (SSSR count). The first-order chi connectivity index (χ1) is 20.8. The Morgan fingerprint density at radius 3 is 1.65 bits per heavy atom. The van der Waals surface area contributed by atoms with Crippen molar-refractivity contribution >= 4 is 21.9 Å². The molecule has 2 aromatic heterocycles. The fourth-order valence-corrected chi connectivity index (χ4v) is 4.26. The molecule has 0 amide bonds. The normalized spacial score (nSPS) is 13.5. The van der Waals surface area contributed by atoms with Crippen LogP contribution in [0.1, 0.15) is 8.22 Å². The van der Waals surface area contributed by atoms with Crippen molar-refractivity contribution in [2.45, 2.75) is 0 Å². The molecular formula is C33H21N3O. The molecule has 0 bridgehead atoms. The Morgan fingerprint density at radius 1 is 0.514 bits per heavy atom. The van der Waals surface area contributed by atoms with E-state index in [1.807, 2.05) is 66.7 Å². The maximum absolute atomic E-state index is 9.20. The van der Waals surface area contributed by atoms with Crippen LogP contribution in [0.3, 0.4) is 0 Å². The van der Waals surface area contributed by atoms with Crippen LogP contribution in [-0.4, -0.2) is 15.0 Å². The first-order valence-corrected chi connectivity index (χ1v) is 11.7. The van der Waals surface area contributed by atoms with Gasteiger partial charge < -0.3 is 4.42 Å². The zero-order valence-electron chi connectivity index (χ0n) is 25.4. The van der Waals surface area contributed by atoms with Gasteiger partial charge in [0.1, 0.15) is 11.2 Å². The molecule has 2 heterocycles. The van der Waals surface area contributed by atoms with E-state index in [0.29, 0.717) is 17.2 Å². The Kier molecular flexibility index (Phi) is 3.78. The summed E-state index contributed by atoms with van der Waals surface area (Å²) in [6.45, 7) is 0. The maximum Gasteiger partial charge on any atom is 0.164 e. The lowest BCUT2D eigenvalue weighted by atomic mass is 10.0. The zero-order valence-corrected chi connectivity index (χ0v) is 19.4. The van der Waals surface area contributed by atoms with E-state index in [9.17, 15) is 1.37 Å². The topological polar surface area (TPSA) is 51.8 Å². The van der Waals surface area contributed by atoms with Crippen molar-refractivity contribution < 1.29 is 12.6 Å². The standard InChI is InChI=1S/C33H21N3O/c1-4-11-22(12-5-1)26-17-10-18-28-27-20-19-25(21-29(27)37-30(26)28)33-35-31(23-13-6-2-7-14-23)34-32(36-33)24-15-8-3-9-16-24/h1-21H/i10D,17D,18D,19D,20D,21D. The van der Waals surface area contributed by atoms with Crippen molar-refractivity contribution in [1.82, 2.24) is 15.0 Å². The highest BCUT2D eigenvalue weighted by Gasteiger charge is 2.16. The molecule has 0 atom stereocenters. The van der Waals surface area contributed by atoms with Crippen LogP contribution >= 0.6 is 0 Å². The number of hydrogen-bond donors (Lipinski definition) is 0. The summed E-state index contributed by atoms with van der Waals surface area (Å²) in [5.41, 5.74) is 2.40. The number of furan rings is 1. The Hall–Kier alpha value is -5.09. The summed E-state index contributed by atoms with van der Waals surface area (Å²) >= 11 is 0. The molecule has 0 saturated heterocycles. The molecule has 7 aromatic rings. The molecule has 174 valence electrons. The van der Waals surface area contributed by atoms with Gasteiger partial charge in [0.2, 0.25) is 0 Å². The average Bonchev–Trinajstić information content (AvgIpc) is 3.45. The summed E-state index contributed by atoms with van der Waals surface area (Å²) in [6.07, 6.45) is 0. The Bertz CT molecular complexity index is 2130. The van der Waals surface area contributed by atoms with E-state index in [1.54, 1.807) is 24.3 Å². The van der Waals surface area contributed by atoms with Gasteiger partial charge in [-0.1, -0.05) is 115 Å². The largest absolute Gasteiger partial charge is 0.455 e. The Balaban J connectivity index is 1.56. The van der Waals surface area contributed by atoms with E-state index in [1.165, 1.54) is 0 Å². The lowest BCUT2D eigenvalue weighted by Gasteiger charge is -2.08. The molecule has 37 heavy (non-hydrogen) atoms. The highest BCUT2D eigenvalue weighted by molar-refractivity contribution is 6.10. The van der Waals surface area contributed by atoms with Gasteiger partial charge in [-0.2, -0.15) is 0 Å². The maximum atomic E-state index is 9.20. The Morgan fingerprint density at radius 2 is 1.05 bits per heavy atom. The van der Waals surface area contributed by atoms with Crippen molar-refractivity contribution in [3.63, 3.8) is 0 Å². The molecule has 0 aliphatic carbocycles. The molecule has 0 radical (unpaired) electrons. The first kappa shape index (κ1) is 15.8. The van der Waals surface area contributed by atoms with Crippen LogP contribution in [0.4, 0.5) is 0 Å². The second-order valence-corrected chi connectivity index (χ2v) is 8.41. The third-order valence-corrected chi connectivity index (χ3v) is 6.05. The van der Waals surface area contributed by atoms with Gasteiger partial charge >= 0.3 is 0 Å². The molecule has 0 aliphatic heterocycles. The number of para-hydroxylation sites is 1. The van der Waals surface area contributed by atoms with Gasteiger partial charge in [-0.15, -0.1) is 0 Å². The van der Waals surface area contributed by atoms with Crippen molar-refractivity contribution in [2.75, 3.05) is 0 Å². The quantitative estimate of drug-likeness (QED) is 0.253. The van der Waals surface area contributed by atoms with E-state index in [4.69, 9.17) is 11.3 Å². The first-order valence-electron chi connectivity index (χ1n) is 14.7. The fraction of sp³-hybridized carbons (Fsp3) is 0. The molecule has 0 spiro atoms. The van der Waals surface area contributed by atoms with Crippen LogP contribution in [-0.2, 0) is 0 Å². The minimum absolute atomic E-state index is 0.0155. The predicted octanol–water partition coefficient (Wildman–Crippen LogP) is 8.44. The van der Waals surface area contributed by atoms with E-state index in [0.717, 1.165) is 11.1 Å². The van der Waals surface area contributed by atoms with Gasteiger partial charge in [-0.25, -0.2) is 15.0 Å². The third kappa shape index (κ3) is 3.85. The molecule has 0 aliphatic rings. The smallest absolute Gasteiger partial charge is 0.164 e. The second-order valence-electron chi connectivity index (χ2n) is 8.41. The molecule has 5 aromatic carbocycles. The van der Waals surface area contributed by atoms with Crippen LogP contribution in [0.25, 0.3) is 67.2 Å². The van der Waals surface area contributed by atoms with Gasteiger partial charge in [0, 0.05) is 33.0 Å². The molecule has 0 saturated carbocycles. The molecule has 0 fully saturated rings. The lowest BCUT2D eigenvalue weighted by Crippen LogP contribution is -2.00. The second kappa shape index (κ2) is 8.85. The minimum Gasteiger partial charge on any atom is -0.455 e. The third-order valence-electron chi connectivity index (χ3n) is 6.05. The molecule has 0 N–H and O–H groups in total. The van der Waals surface area contributed by atoms with Gasteiger partial charge in [0.15, 0.2) is 17.5 Å². The van der Waals surface area contributed by atoms with E-state index in [2.05, 4.69) is 15.0 Å². The summed E-state index contributed by atoms with van der Waals surface area (Å²) in [6, 6.07) is 25.9. The SMILES string of the molecule is [2H]c1c([2H])c([2H])c2c(oc3c([2H])c(-c4nc(-c5ccccc5)nc(-c5ccccc5)n4)c([2H])c([2H])c32)c1-c1ccccc1. The van der Waals surface area contributed by atoms with Gasteiger partial charge in [-0.3, -0.25) is 0 Å². The van der Waals surface area contributed by atoms with E-state index >= 15 is 0 Å². The number of benzene rings is 5. The van der Waals surface area contributed by atoms with Crippen LogP contribution in [0.15, 0.2) is 132 Å². The van der Waals surface area contributed by atoms with Crippen molar-refractivity contribution in [3.8, 4) is 45.3 Å². The van der Waals surface area contributed by atoms with Crippen LogP contribution in [0.2, 0.25) is 0 Å². The molecule has 0 unspecified atom stereocenters. The fourth-order valence-electron chi connectivity index (χ4n) is 4.26. The summed E-state index contributed by atoms with van der Waals surface area (Å²) < 4.78 is 59.3. The minimum atomic E-state index is -0.326. The monoisotopic (exact) mass is 481 g/mol. The summed E-state index contributed by atoms with van der Waals surface area (Å²) in [4.78, 5) is 14.0. The summed E-state index contributed by atoms with van der Waals surface area (Å²) in [5, 5.41) is 0.198. The van der Waals surface area contributed by atoms with Crippen LogP contribution in [0.5, 0.6) is 0 Å². The summed E-state index contributed by atoms with van der Waals surface area (Å²) in [5.74, 6) is 0.726. The Labute approximate surface area is 222 Å². The van der Waals surface area contributed by atoms with Crippen molar-refractivity contribution in [1.29, 1.82) is 0 Å². The number of fused-ring (bicyclic) bond motifs is 3. The zero-order chi connectivity index (χ0) is 29.8. The van der Waals surface area contributed by atoms with Crippen molar-refractivity contribution in [2.24, 2.45) is 0 Å². The number of aromatic nitrogens is 3. The lowest BCUT2D eigenvalue weighted by molar-refractivity contribution is 0.670. The van der Waals surface area contributed by atoms with Gasteiger partial charge in [-0.05, 0) is 17.6 Å². The number of nitrogens with zero attached hydrogens (tertiary/aromatic N) is 3. The molecule has 4 heteroatoms. The van der Waals surface area contributed by atoms with Crippen LogP contribution in [0, 0.1) is 0 Å². The average molecular weight is 482 g/mol. The van der Waals surface area contributed by atoms with Crippen LogP contribution < -0.4 is 0 Å². The predicted molar refractivity (Wildman–Crippen MR) is 149 cm³/mol. The van der Waals surface area contributed by atoms with Crippen molar-refractivity contribution in [3.05, 3.63) is 127 Å². The number of rotatable bonds is 4. The van der Waals surface area contributed by atoms with Gasteiger partial charge in [0.05, 0.1) is 8.22 Å².